The van der Waals surface area contributed by atoms with Crippen LogP contribution < -0.4 is 9.47 Å². The molecule has 0 radical (unpaired) electrons. The molecule has 1 aliphatic heterocycles. The molecule has 1 saturated heterocycles. The minimum Gasteiger partial charge on any atom is -0.495 e. The number of ether oxygens (including phenoxy) is 2. The minimum atomic E-state index is -4.50. The summed E-state index contributed by atoms with van der Waals surface area (Å²) in [5.41, 5.74) is 1.21. The van der Waals surface area contributed by atoms with Crippen LogP contribution in [0.3, 0.4) is 0 Å². The van der Waals surface area contributed by atoms with Gasteiger partial charge in [-0.3, -0.25) is 4.79 Å². The van der Waals surface area contributed by atoms with E-state index in [0.29, 0.717) is 24.3 Å². The normalized spacial score (nSPS) is 16.3. The van der Waals surface area contributed by atoms with E-state index in [4.69, 9.17) is 9.47 Å². The van der Waals surface area contributed by atoms with Gasteiger partial charge < -0.3 is 18.9 Å². The van der Waals surface area contributed by atoms with Crippen molar-refractivity contribution in [3.8, 4) is 17.2 Å². The Morgan fingerprint density at radius 1 is 1.16 bits per heavy atom. The maximum absolute atomic E-state index is 13.2. The van der Waals surface area contributed by atoms with E-state index >= 15 is 0 Å². The number of nitrogens with zero attached hydrogens (tertiary/aromatic N) is 3. The molecule has 1 aromatic heterocycles. The maximum atomic E-state index is 13.2. The Hall–Kier alpha value is -3.49. The summed E-state index contributed by atoms with van der Waals surface area (Å²) < 4.78 is 52.5. The van der Waals surface area contributed by atoms with Gasteiger partial charge in [-0.15, -0.1) is 0 Å². The number of hydrogen-bond donors (Lipinski definition) is 0. The Kier molecular flexibility index (Phi) is 5.82. The molecule has 6 nitrogen and oxygen atoms in total. The Morgan fingerprint density at radius 3 is 2.62 bits per heavy atom. The number of hydrogen-bond acceptors (Lipinski definition) is 4. The first-order chi connectivity index (χ1) is 15.3. The van der Waals surface area contributed by atoms with Gasteiger partial charge in [-0.2, -0.15) is 13.2 Å². The third-order valence-electron chi connectivity index (χ3n) is 5.33. The number of alkyl halides is 3. The van der Waals surface area contributed by atoms with Crippen LogP contribution in [0.15, 0.2) is 55.0 Å². The summed E-state index contributed by atoms with van der Waals surface area (Å²) in [6, 6.07) is 10.2. The smallest absolute Gasteiger partial charge is 0.419 e. The lowest BCUT2D eigenvalue weighted by molar-refractivity contribution is -0.139. The predicted molar refractivity (Wildman–Crippen MR) is 111 cm³/mol. The largest absolute Gasteiger partial charge is 0.495 e. The van der Waals surface area contributed by atoms with Crippen molar-refractivity contribution in [2.75, 3.05) is 20.2 Å². The minimum absolute atomic E-state index is 0.204. The first kappa shape index (κ1) is 21.7. The molecule has 32 heavy (non-hydrogen) atoms. The second kappa shape index (κ2) is 8.57. The first-order valence-corrected chi connectivity index (χ1v) is 10.1. The Bertz CT molecular complexity index is 1130. The van der Waals surface area contributed by atoms with E-state index in [-0.39, 0.29) is 18.2 Å². The standard InChI is InChI=1S/C23H22F3N3O3/c1-15-12-29(14-27-15)19-8-7-16(11-21(19)31-2)22(30)28-10-9-17(13-28)32-20-6-4-3-5-18(20)23(24,25)26/h3-8,11-12,14,17H,9-10,13H2,1-2H3/t17-/m1/s1. The molecule has 0 spiro atoms. The lowest BCUT2D eigenvalue weighted by Crippen LogP contribution is -2.31. The molecule has 1 aliphatic rings. The molecule has 1 atom stereocenters. The van der Waals surface area contributed by atoms with Gasteiger partial charge in [0.15, 0.2) is 0 Å². The van der Waals surface area contributed by atoms with Crippen LogP contribution in [0, 0.1) is 6.92 Å². The molecule has 168 valence electrons. The fourth-order valence-electron chi connectivity index (χ4n) is 3.75. The third-order valence-corrected chi connectivity index (χ3v) is 5.33. The quantitative estimate of drug-likeness (QED) is 0.580. The number of methoxy groups -OCH3 is 1. The first-order valence-electron chi connectivity index (χ1n) is 10.1. The van der Waals surface area contributed by atoms with Crippen molar-refractivity contribution >= 4 is 5.91 Å². The zero-order valence-corrected chi connectivity index (χ0v) is 17.6. The molecule has 0 N–H and O–H groups in total. The molecule has 0 saturated carbocycles. The molecule has 1 fully saturated rings. The van der Waals surface area contributed by atoms with Crippen LogP contribution in [0.25, 0.3) is 5.69 Å². The topological polar surface area (TPSA) is 56.6 Å². The van der Waals surface area contributed by atoms with Gasteiger partial charge in [0.05, 0.1) is 36.9 Å². The van der Waals surface area contributed by atoms with Crippen molar-refractivity contribution in [1.29, 1.82) is 0 Å². The Labute approximate surface area is 183 Å². The number of carbonyl (C=O) groups is 1. The molecule has 4 rings (SSSR count). The zero-order valence-electron chi connectivity index (χ0n) is 17.6. The predicted octanol–water partition coefficient (Wildman–Crippen LogP) is 4.50. The van der Waals surface area contributed by atoms with E-state index in [1.165, 1.54) is 25.3 Å². The molecule has 0 aliphatic carbocycles. The third kappa shape index (κ3) is 4.42. The van der Waals surface area contributed by atoms with Gasteiger partial charge in [0.1, 0.15) is 17.6 Å². The molecular weight excluding hydrogens is 423 g/mol. The average Bonchev–Trinajstić information content (AvgIpc) is 3.41. The van der Waals surface area contributed by atoms with Crippen molar-refractivity contribution in [3.63, 3.8) is 0 Å². The fraction of sp³-hybridized carbons (Fsp3) is 0.304. The Morgan fingerprint density at radius 2 is 1.94 bits per heavy atom. The SMILES string of the molecule is COc1cc(C(=O)N2CC[C@@H](Oc3ccccc3C(F)(F)F)C2)ccc1-n1cnc(C)c1. The summed E-state index contributed by atoms with van der Waals surface area (Å²) in [6.07, 6.45) is -1.06. The van der Waals surface area contributed by atoms with E-state index in [0.717, 1.165) is 17.4 Å². The summed E-state index contributed by atoms with van der Waals surface area (Å²) in [4.78, 5) is 18.8. The Balaban J connectivity index is 1.48. The van der Waals surface area contributed by atoms with E-state index in [9.17, 15) is 18.0 Å². The number of rotatable bonds is 5. The molecule has 0 bridgehead atoms. The highest BCUT2D eigenvalue weighted by molar-refractivity contribution is 5.95. The van der Waals surface area contributed by atoms with E-state index in [1.54, 1.807) is 34.0 Å². The van der Waals surface area contributed by atoms with Gasteiger partial charge in [-0.25, -0.2) is 4.98 Å². The lowest BCUT2D eigenvalue weighted by atomic mass is 10.1. The molecule has 2 aromatic carbocycles. The number of halogens is 3. The van der Waals surface area contributed by atoms with Crippen molar-refractivity contribution in [1.82, 2.24) is 14.5 Å². The van der Waals surface area contributed by atoms with Crippen molar-refractivity contribution < 1.29 is 27.4 Å². The van der Waals surface area contributed by atoms with Crippen LogP contribution in [0.4, 0.5) is 13.2 Å². The van der Waals surface area contributed by atoms with Gasteiger partial charge in [0.2, 0.25) is 0 Å². The highest BCUT2D eigenvalue weighted by atomic mass is 19.4. The van der Waals surface area contributed by atoms with Gasteiger partial charge in [-0.1, -0.05) is 12.1 Å². The van der Waals surface area contributed by atoms with E-state index < -0.39 is 17.8 Å². The molecule has 3 aromatic rings. The summed E-state index contributed by atoms with van der Waals surface area (Å²) in [5.74, 6) is 0.0622. The van der Waals surface area contributed by atoms with Gasteiger partial charge in [0.25, 0.3) is 5.91 Å². The highest BCUT2D eigenvalue weighted by Gasteiger charge is 2.36. The van der Waals surface area contributed by atoms with Crippen LogP contribution >= 0.6 is 0 Å². The van der Waals surface area contributed by atoms with E-state index in [2.05, 4.69) is 4.98 Å². The highest BCUT2D eigenvalue weighted by Crippen LogP contribution is 2.37. The average molecular weight is 445 g/mol. The number of para-hydroxylation sites is 1. The second-order valence-electron chi connectivity index (χ2n) is 7.58. The van der Waals surface area contributed by atoms with Crippen LogP contribution in [0.1, 0.15) is 28.0 Å². The lowest BCUT2D eigenvalue weighted by Gasteiger charge is -2.20. The van der Waals surface area contributed by atoms with Crippen LogP contribution in [0.5, 0.6) is 11.5 Å². The monoisotopic (exact) mass is 445 g/mol. The van der Waals surface area contributed by atoms with Crippen LogP contribution in [0.2, 0.25) is 0 Å². The summed E-state index contributed by atoms with van der Waals surface area (Å²) in [7, 11) is 1.52. The molecule has 1 amide bonds. The maximum Gasteiger partial charge on any atom is 0.419 e. The number of aryl methyl sites for hydroxylation is 1. The van der Waals surface area contributed by atoms with Crippen molar-refractivity contribution in [2.24, 2.45) is 0 Å². The molecular formula is C23H22F3N3O3. The van der Waals surface area contributed by atoms with Crippen LogP contribution in [-0.4, -0.2) is 46.7 Å². The summed E-state index contributed by atoms with van der Waals surface area (Å²) in [6.45, 7) is 2.47. The number of carbonyl (C=O) groups excluding carboxylic acids is 1. The van der Waals surface area contributed by atoms with E-state index in [1.807, 2.05) is 13.1 Å². The van der Waals surface area contributed by atoms with Gasteiger partial charge >= 0.3 is 6.18 Å². The second-order valence-corrected chi connectivity index (χ2v) is 7.58. The summed E-state index contributed by atoms with van der Waals surface area (Å²) in [5, 5.41) is 0. The number of amides is 1. The number of benzene rings is 2. The van der Waals surface area contributed by atoms with Gasteiger partial charge in [-0.05, 0) is 37.3 Å². The molecule has 0 unspecified atom stereocenters. The number of likely N-dealkylation sites (tertiary alicyclic amines) is 1. The zero-order chi connectivity index (χ0) is 22.9. The summed E-state index contributed by atoms with van der Waals surface area (Å²) >= 11 is 0. The molecule has 9 heteroatoms. The van der Waals surface area contributed by atoms with Crippen molar-refractivity contribution in [2.45, 2.75) is 25.6 Å². The number of imidazole rings is 1. The van der Waals surface area contributed by atoms with Crippen LogP contribution in [-0.2, 0) is 6.18 Å². The van der Waals surface area contributed by atoms with Crippen molar-refractivity contribution in [3.05, 3.63) is 71.8 Å². The van der Waals surface area contributed by atoms with Gasteiger partial charge in [0, 0.05) is 24.7 Å². The fourth-order valence-corrected chi connectivity index (χ4v) is 3.75. The number of aromatic nitrogens is 2. The molecule has 2 heterocycles.